The highest BCUT2D eigenvalue weighted by atomic mass is 19.1. The molecule has 0 bridgehead atoms. The molecule has 188 valence electrons. The van der Waals surface area contributed by atoms with Gasteiger partial charge in [-0.05, 0) is 64.2 Å². The first-order valence-corrected chi connectivity index (χ1v) is 12.8. The monoisotopic (exact) mass is 497 g/mol. The Labute approximate surface area is 224 Å². The summed E-state index contributed by atoms with van der Waals surface area (Å²) in [5.74, 6) is -0.331. The maximum Gasteiger partial charge on any atom is 0.147 e. The van der Waals surface area contributed by atoms with E-state index in [4.69, 9.17) is 0 Å². The minimum absolute atomic E-state index is 0.262. The first-order chi connectivity index (χ1) is 18.2. The molecular weight excluding hydrogens is 465 g/mol. The predicted molar refractivity (Wildman–Crippen MR) is 162 cm³/mol. The minimum Gasteiger partial charge on any atom is -0.306 e. The molecule has 4 aromatic carbocycles. The van der Waals surface area contributed by atoms with Crippen LogP contribution in [0.2, 0.25) is 0 Å². The van der Waals surface area contributed by atoms with Crippen LogP contribution in [-0.4, -0.2) is 0 Å². The van der Waals surface area contributed by atoms with Crippen LogP contribution in [0.25, 0.3) is 35.6 Å². The van der Waals surface area contributed by atoms with Crippen molar-refractivity contribution in [3.63, 3.8) is 0 Å². The molecule has 1 aliphatic carbocycles. The van der Waals surface area contributed by atoms with Crippen molar-refractivity contribution in [1.29, 1.82) is 0 Å². The van der Waals surface area contributed by atoms with E-state index >= 15 is 4.39 Å². The third-order valence-electron chi connectivity index (χ3n) is 7.65. The van der Waals surface area contributed by atoms with Crippen molar-refractivity contribution < 1.29 is 4.39 Å². The molecule has 38 heavy (non-hydrogen) atoms. The molecule has 0 saturated heterocycles. The normalized spacial score (nSPS) is 13.8. The summed E-state index contributed by atoms with van der Waals surface area (Å²) in [7, 11) is 0. The fourth-order valence-corrected chi connectivity index (χ4v) is 5.75. The number of hydrogen-bond donors (Lipinski definition) is 0. The van der Waals surface area contributed by atoms with Crippen LogP contribution >= 0.6 is 0 Å². The van der Waals surface area contributed by atoms with Crippen LogP contribution in [0.5, 0.6) is 0 Å². The fourth-order valence-electron chi connectivity index (χ4n) is 5.75. The molecule has 0 fully saturated rings. The van der Waals surface area contributed by atoms with E-state index in [0.29, 0.717) is 5.69 Å². The zero-order valence-corrected chi connectivity index (χ0v) is 22.3. The molecule has 0 radical (unpaired) electrons. The number of para-hydroxylation sites is 1. The lowest BCUT2D eigenvalue weighted by molar-refractivity contribution is 0.629. The predicted octanol–water partition coefficient (Wildman–Crippen LogP) is 8.27. The van der Waals surface area contributed by atoms with E-state index in [-0.39, 0.29) is 11.2 Å². The van der Waals surface area contributed by atoms with Crippen LogP contribution in [0.3, 0.4) is 0 Å². The van der Waals surface area contributed by atoms with Crippen molar-refractivity contribution in [3.05, 3.63) is 143 Å². The lowest BCUT2D eigenvalue weighted by Gasteiger charge is -2.31. The summed E-state index contributed by atoms with van der Waals surface area (Å²) >= 11 is 0. The molecule has 4 aromatic rings. The molecule has 0 unspecified atom stereocenters. The van der Waals surface area contributed by atoms with Gasteiger partial charge in [0.25, 0.3) is 0 Å². The number of rotatable bonds is 6. The van der Waals surface area contributed by atoms with Gasteiger partial charge in [0.2, 0.25) is 0 Å². The van der Waals surface area contributed by atoms with Crippen molar-refractivity contribution in [2.45, 2.75) is 26.2 Å². The van der Waals surface area contributed by atoms with Crippen LogP contribution in [0.1, 0.15) is 41.7 Å². The molecule has 2 heteroatoms. The van der Waals surface area contributed by atoms with Gasteiger partial charge in [0.05, 0.1) is 17.1 Å². The highest BCUT2D eigenvalue weighted by molar-refractivity contribution is 5.98. The molecule has 0 atom stereocenters. The lowest BCUT2D eigenvalue weighted by atomic mass is 9.80. The quantitative estimate of drug-likeness (QED) is 0.259. The second-order valence-electron chi connectivity index (χ2n) is 10.3. The average Bonchev–Trinajstić information content (AvgIpc) is 3.13. The highest BCUT2D eigenvalue weighted by Crippen LogP contribution is 2.54. The van der Waals surface area contributed by atoms with Gasteiger partial charge >= 0.3 is 0 Å². The molecule has 0 N–H and O–H groups in total. The van der Waals surface area contributed by atoms with Crippen LogP contribution in [-0.2, 0) is 5.41 Å². The average molecular weight is 498 g/mol. The van der Waals surface area contributed by atoms with Crippen LogP contribution in [0, 0.1) is 12.7 Å². The number of nitrogens with zero attached hydrogens (tertiary/aromatic N) is 1. The summed E-state index contributed by atoms with van der Waals surface area (Å²) in [6, 6.07) is 23.5. The second kappa shape index (κ2) is 9.46. The minimum atomic E-state index is -0.331. The molecule has 0 aliphatic heterocycles. The van der Waals surface area contributed by atoms with Gasteiger partial charge in [-0.25, -0.2) is 4.39 Å². The molecule has 0 aromatic heterocycles. The maximum atomic E-state index is 15.6. The highest BCUT2D eigenvalue weighted by Gasteiger charge is 2.38. The first-order valence-electron chi connectivity index (χ1n) is 12.8. The molecule has 0 amide bonds. The number of hydrogen-bond acceptors (Lipinski definition) is 1. The van der Waals surface area contributed by atoms with Crippen molar-refractivity contribution >= 4 is 35.8 Å². The van der Waals surface area contributed by atoms with Crippen molar-refractivity contribution in [1.82, 2.24) is 0 Å². The summed E-state index contributed by atoms with van der Waals surface area (Å²) < 4.78 is 15.6. The van der Waals surface area contributed by atoms with E-state index in [9.17, 15) is 0 Å². The van der Waals surface area contributed by atoms with E-state index in [1.54, 1.807) is 18.2 Å². The summed E-state index contributed by atoms with van der Waals surface area (Å²) in [5.41, 5.74) is 9.60. The van der Waals surface area contributed by atoms with E-state index in [1.807, 2.05) is 47.4 Å². The van der Waals surface area contributed by atoms with Gasteiger partial charge in [0.15, 0.2) is 0 Å². The summed E-state index contributed by atoms with van der Waals surface area (Å²) in [4.78, 5) is 1.95. The fraction of sp³-hybridized carbons (Fsp3) is 0.111. The van der Waals surface area contributed by atoms with E-state index in [0.717, 1.165) is 38.5 Å². The van der Waals surface area contributed by atoms with E-state index in [1.165, 1.54) is 28.3 Å². The Kier molecular flexibility index (Phi) is 6.28. The van der Waals surface area contributed by atoms with Gasteiger partial charge in [-0.3, -0.25) is 0 Å². The Balaban J connectivity index is 1.96. The Morgan fingerprint density at radius 3 is 2.16 bits per heavy atom. The lowest BCUT2D eigenvalue weighted by Crippen LogP contribution is -2.32. The second-order valence-corrected chi connectivity index (χ2v) is 10.3. The maximum absolute atomic E-state index is 15.6. The number of anilines is 2. The number of aryl methyl sites for hydroxylation is 1. The van der Waals surface area contributed by atoms with E-state index < -0.39 is 0 Å². The molecular formula is C36H32FN. The Morgan fingerprint density at radius 1 is 0.816 bits per heavy atom. The molecule has 1 aliphatic rings. The molecule has 0 saturated carbocycles. The standard InChI is InChI=1S/C36H32FN/c1-8-25-26(9-2)35-28-20-19-23(4)21-29(28)36(6,7)30(35)22-34(25)38(33-18-14-13-17-31(33)37)32(10-3)27-16-12-11-15-24(27)5/h8-22H,1-3,5H2,4,6-7H3/b32-27+. The zero-order valence-electron chi connectivity index (χ0n) is 22.3. The topological polar surface area (TPSA) is 3.24 Å². The summed E-state index contributed by atoms with van der Waals surface area (Å²) in [6.07, 6.45) is 5.51. The van der Waals surface area contributed by atoms with Gasteiger partial charge < -0.3 is 4.90 Å². The van der Waals surface area contributed by atoms with Crippen molar-refractivity contribution in [2.75, 3.05) is 4.90 Å². The third-order valence-corrected chi connectivity index (χ3v) is 7.65. The van der Waals surface area contributed by atoms with Gasteiger partial charge in [-0.1, -0.05) is 112 Å². The number of fused-ring (bicyclic) bond motifs is 3. The van der Waals surface area contributed by atoms with Gasteiger partial charge in [0.1, 0.15) is 5.82 Å². The first kappa shape index (κ1) is 25.2. The SMILES string of the molecule is C=C/C(=c1/ccccc1=C)N(c1ccccc1F)c1cc2c(c(C=C)c1C=C)-c1ccc(C)cc1C2(C)C. The van der Waals surface area contributed by atoms with Crippen molar-refractivity contribution in [3.8, 4) is 11.1 Å². The van der Waals surface area contributed by atoms with Crippen LogP contribution < -0.4 is 15.3 Å². The van der Waals surface area contributed by atoms with Gasteiger partial charge in [-0.15, -0.1) is 0 Å². The summed E-state index contributed by atoms with van der Waals surface area (Å²) in [5, 5.41) is 1.71. The zero-order chi connectivity index (χ0) is 27.2. The van der Waals surface area contributed by atoms with Crippen LogP contribution in [0.15, 0.2) is 98.6 Å². The number of halogens is 1. The Bertz CT molecular complexity index is 1740. The Morgan fingerprint density at radius 2 is 1.50 bits per heavy atom. The number of benzene rings is 4. The molecule has 5 rings (SSSR count). The largest absolute Gasteiger partial charge is 0.306 e. The molecule has 0 heterocycles. The molecule has 1 nitrogen and oxygen atoms in total. The van der Waals surface area contributed by atoms with E-state index in [2.05, 4.69) is 71.4 Å². The smallest absolute Gasteiger partial charge is 0.147 e. The van der Waals surface area contributed by atoms with Gasteiger partial charge in [0, 0.05) is 16.2 Å². The van der Waals surface area contributed by atoms with Crippen LogP contribution in [0.4, 0.5) is 15.8 Å². The van der Waals surface area contributed by atoms with Gasteiger partial charge in [-0.2, -0.15) is 0 Å². The molecule has 0 spiro atoms. The van der Waals surface area contributed by atoms with Crippen molar-refractivity contribution in [2.24, 2.45) is 0 Å². The third kappa shape index (κ3) is 3.76. The summed E-state index contributed by atoms with van der Waals surface area (Å²) in [6.45, 7) is 23.4. The Hall–Kier alpha value is -4.43.